The molecule has 0 radical (unpaired) electrons. The molecule has 0 aliphatic carbocycles. The van der Waals surface area contributed by atoms with Crippen LogP contribution in [0, 0.1) is 13.8 Å². The number of aliphatic hydroxyl groups excluding tert-OH is 2. The minimum absolute atomic E-state index is 0.210. The van der Waals surface area contributed by atoms with Gasteiger partial charge in [-0.25, -0.2) is 4.98 Å². The van der Waals surface area contributed by atoms with Crippen LogP contribution in [0.3, 0.4) is 0 Å². The normalized spacial score (nSPS) is 15.5. The van der Waals surface area contributed by atoms with E-state index in [1.54, 1.807) is 0 Å². The van der Waals surface area contributed by atoms with Gasteiger partial charge >= 0.3 is 0 Å². The third-order valence-electron chi connectivity index (χ3n) is 3.76. The Morgan fingerprint density at radius 2 is 2.04 bits per heavy atom. The molecule has 1 heterocycles. The minimum atomic E-state index is -1.19. The molecular formula is C17H24N2O4. The Balaban J connectivity index is 2.20. The summed E-state index contributed by atoms with van der Waals surface area (Å²) in [6, 6.07) is 3.48. The van der Waals surface area contributed by atoms with Crippen LogP contribution in [0.1, 0.15) is 36.5 Å². The molecule has 3 atom stereocenters. The number of aromatic nitrogens is 1. The summed E-state index contributed by atoms with van der Waals surface area (Å²) in [7, 11) is 0. The first-order valence-corrected chi connectivity index (χ1v) is 7.69. The highest BCUT2D eigenvalue weighted by molar-refractivity contribution is 5.79. The van der Waals surface area contributed by atoms with Gasteiger partial charge in [-0.05, 0) is 31.4 Å². The van der Waals surface area contributed by atoms with Crippen molar-refractivity contribution in [3.8, 4) is 0 Å². The SMILES string of the molecule is C=CCOC(O)N[C@@H](CC)C(O)c1nc2c(C)ccc(C)c2o1. The lowest BCUT2D eigenvalue weighted by molar-refractivity contribution is -0.125. The summed E-state index contributed by atoms with van der Waals surface area (Å²) >= 11 is 0. The fourth-order valence-electron chi connectivity index (χ4n) is 2.40. The Labute approximate surface area is 135 Å². The molecule has 0 saturated carbocycles. The van der Waals surface area contributed by atoms with Crippen LogP contribution in [0.2, 0.25) is 0 Å². The first kappa shape index (κ1) is 17.6. The lowest BCUT2D eigenvalue weighted by Gasteiger charge is -2.23. The molecule has 0 fully saturated rings. The van der Waals surface area contributed by atoms with Crippen molar-refractivity contribution in [3.05, 3.63) is 41.8 Å². The summed E-state index contributed by atoms with van der Waals surface area (Å²) < 4.78 is 10.8. The van der Waals surface area contributed by atoms with Gasteiger partial charge in [0, 0.05) is 6.04 Å². The molecule has 0 aliphatic heterocycles. The lowest BCUT2D eigenvalue weighted by Crippen LogP contribution is -2.43. The standard InChI is InChI=1S/C17H24N2O4/c1-5-9-22-17(21)18-12(6-2)14(20)16-19-13-10(3)7-8-11(4)15(13)23-16/h5,7-8,12,14,17-18,20-21H,1,6,9H2,2-4H3/t12-,14?,17?/m0/s1. The van der Waals surface area contributed by atoms with E-state index in [0.29, 0.717) is 12.0 Å². The summed E-state index contributed by atoms with van der Waals surface area (Å²) in [4.78, 5) is 4.42. The number of aryl methyl sites for hydroxylation is 2. The minimum Gasteiger partial charge on any atom is -0.437 e. The van der Waals surface area contributed by atoms with Crippen molar-refractivity contribution in [2.24, 2.45) is 0 Å². The van der Waals surface area contributed by atoms with E-state index in [4.69, 9.17) is 9.15 Å². The number of aliphatic hydroxyl groups is 2. The van der Waals surface area contributed by atoms with E-state index >= 15 is 0 Å². The van der Waals surface area contributed by atoms with Crippen LogP contribution in [0.15, 0.2) is 29.2 Å². The molecule has 6 heteroatoms. The zero-order chi connectivity index (χ0) is 17.0. The summed E-state index contributed by atoms with van der Waals surface area (Å²) in [5.41, 5.74) is 3.38. The van der Waals surface area contributed by atoms with E-state index < -0.39 is 18.6 Å². The zero-order valence-electron chi connectivity index (χ0n) is 13.7. The van der Waals surface area contributed by atoms with Crippen molar-refractivity contribution in [3.63, 3.8) is 0 Å². The van der Waals surface area contributed by atoms with Crippen molar-refractivity contribution >= 4 is 11.1 Å². The molecular weight excluding hydrogens is 296 g/mol. The molecule has 3 N–H and O–H groups in total. The molecule has 0 amide bonds. The molecule has 6 nitrogen and oxygen atoms in total. The van der Waals surface area contributed by atoms with Crippen LogP contribution in [-0.2, 0) is 4.74 Å². The van der Waals surface area contributed by atoms with Crippen LogP contribution in [0.5, 0.6) is 0 Å². The van der Waals surface area contributed by atoms with E-state index in [-0.39, 0.29) is 12.5 Å². The smallest absolute Gasteiger partial charge is 0.226 e. The first-order chi connectivity index (χ1) is 11.0. The Morgan fingerprint density at radius 1 is 1.35 bits per heavy atom. The molecule has 0 aliphatic rings. The number of nitrogens with one attached hydrogen (secondary N) is 1. The Kier molecular flexibility index (Phi) is 5.90. The van der Waals surface area contributed by atoms with Crippen molar-refractivity contribution in [2.75, 3.05) is 6.61 Å². The fraction of sp³-hybridized carbons (Fsp3) is 0.471. The quantitative estimate of drug-likeness (QED) is 0.511. The topological polar surface area (TPSA) is 87.8 Å². The second-order valence-electron chi connectivity index (χ2n) is 5.53. The summed E-state index contributed by atoms with van der Waals surface area (Å²) in [6.07, 6.45) is -0.0882. The van der Waals surface area contributed by atoms with Crippen molar-refractivity contribution in [1.82, 2.24) is 10.3 Å². The van der Waals surface area contributed by atoms with Gasteiger partial charge in [0.2, 0.25) is 12.3 Å². The van der Waals surface area contributed by atoms with E-state index in [0.717, 1.165) is 16.6 Å². The summed E-state index contributed by atoms with van der Waals surface area (Å²) in [6.45, 7) is 9.50. The maximum atomic E-state index is 10.5. The third-order valence-corrected chi connectivity index (χ3v) is 3.76. The zero-order valence-corrected chi connectivity index (χ0v) is 13.7. The van der Waals surface area contributed by atoms with Gasteiger partial charge in [-0.15, -0.1) is 6.58 Å². The number of benzene rings is 1. The number of oxazole rings is 1. The number of rotatable bonds is 8. The van der Waals surface area contributed by atoms with Gasteiger partial charge in [-0.2, -0.15) is 0 Å². The predicted octanol–water partition coefficient (Wildman–Crippen LogP) is 2.32. The fourth-order valence-corrected chi connectivity index (χ4v) is 2.40. The third kappa shape index (κ3) is 3.97. The van der Waals surface area contributed by atoms with Crippen LogP contribution >= 0.6 is 0 Å². The number of fused-ring (bicyclic) bond motifs is 1. The van der Waals surface area contributed by atoms with Gasteiger partial charge in [0.05, 0.1) is 6.61 Å². The Bertz CT molecular complexity index is 629. The van der Waals surface area contributed by atoms with E-state index in [1.807, 2.05) is 32.9 Å². The maximum absolute atomic E-state index is 10.5. The monoisotopic (exact) mass is 320 g/mol. The van der Waals surface area contributed by atoms with Gasteiger partial charge < -0.3 is 19.4 Å². The first-order valence-electron chi connectivity index (χ1n) is 7.69. The highest BCUT2D eigenvalue weighted by atomic mass is 16.6. The van der Waals surface area contributed by atoms with Crippen LogP contribution in [0.4, 0.5) is 0 Å². The number of nitrogens with zero attached hydrogens (tertiary/aromatic N) is 1. The van der Waals surface area contributed by atoms with Crippen molar-refractivity contribution in [2.45, 2.75) is 45.8 Å². The van der Waals surface area contributed by atoms with Gasteiger partial charge in [0.25, 0.3) is 0 Å². The molecule has 2 unspecified atom stereocenters. The Hall–Kier alpha value is -1.73. The van der Waals surface area contributed by atoms with E-state index in [1.165, 1.54) is 6.08 Å². The van der Waals surface area contributed by atoms with Crippen molar-refractivity contribution in [1.29, 1.82) is 0 Å². The second kappa shape index (κ2) is 7.70. The van der Waals surface area contributed by atoms with Gasteiger partial charge in [0.1, 0.15) is 11.6 Å². The molecule has 0 bridgehead atoms. The van der Waals surface area contributed by atoms with Crippen LogP contribution < -0.4 is 5.32 Å². The molecule has 2 rings (SSSR count). The average Bonchev–Trinajstić information content (AvgIpc) is 3.00. The van der Waals surface area contributed by atoms with Crippen molar-refractivity contribution < 1.29 is 19.4 Å². The summed E-state index contributed by atoms with van der Waals surface area (Å²) in [5, 5.41) is 23.1. The highest BCUT2D eigenvalue weighted by Crippen LogP contribution is 2.27. The number of hydrogen-bond acceptors (Lipinski definition) is 6. The lowest BCUT2D eigenvalue weighted by atomic mass is 10.1. The average molecular weight is 320 g/mol. The molecule has 23 heavy (non-hydrogen) atoms. The molecule has 1 aromatic heterocycles. The largest absolute Gasteiger partial charge is 0.437 e. The van der Waals surface area contributed by atoms with Gasteiger partial charge in [-0.1, -0.05) is 25.1 Å². The van der Waals surface area contributed by atoms with Gasteiger partial charge in [-0.3, -0.25) is 5.32 Å². The van der Waals surface area contributed by atoms with E-state index in [9.17, 15) is 10.2 Å². The summed E-state index contributed by atoms with van der Waals surface area (Å²) in [5.74, 6) is 0.229. The molecule has 1 aromatic carbocycles. The van der Waals surface area contributed by atoms with Crippen LogP contribution in [0.25, 0.3) is 11.1 Å². The van der Waals surface area contributed by atoms with E-state index in [2.05, 4.69) is 16.9 Å². The van der Waals surface area contributed by atoms with Crippen LogP contribution in [-0.4, -0.2) is 34.3 Å². The Morgan fingerprint density at radius 3 is 2.65 bits per heavy atom. The number of hydrogen-bond donors (Lipinski definition) is 3. The molecule has 0 spiro atoms. The predicted molar refractivity (Wildman–Crippen MR) is 87.8 cm³/mol. The molecule has 2 aromatic rings. The van der Waals surface area contributed by atoms with Gasteiger partial charge in [0.15, 0.2) is 5.58 Å². The molecule has 126 valence electrons. The second-order valence-corrected chi connectivity index (χ2v) is 5.53. The number of ether oxygens (including phenoxy) is 1. The molecule has 0 saturated heterocycles. The maximum Gasteiger partial charge on any atom is 0.226 e. The highest BCUT2D eigenvalue weighted by Gasteiger charge is 2.26.